The Morgan fingerprint density at radius 1 is 1.27 bits per heavy atom. The molecular formula is C17H19N9. The van der Waals surface area contributed by atoms with E-state index in [0.717, 1.165) is 31.7 Å². The second-order valence-corrected chi connectivity index (χ2v) is 6.91. The lowest BCUT2D eigenvalue weighted by atomic mass is 9.91. The smallest absolute Gasteiger partial charge is 0.177 e. The zero-order chi connectivity index (χ0) is 18.3. The van der Waals surface area contributed by atoms with Gasteiger partial charge in [-0.1, -0.05) is 0 Å². The molecule has 0 atom stereocenters. The van der Waals surface area contributed by atoms with Crippen molar-refractivity contribution < 1.29 is 0 Å². The van der Waals surface area contributed by atoms with Gasteiger partial charge in [-0.25, -0.2) is 15.0 Å². The van der Waals surface area contributed by atoms with Crippen molar-refractivity contribution in [3.8, 4) is 17.3 Å². The molecule has 0 saturated carbocycles. The molecule has 9 heteroatoms. The van der Waals surface area contributed by atoms with Crippen molar-refractivity contribution in [3.63, 3.8) is 0 Å². The quantitative estimate of drug-likeness (QED) is 0.625. The zero-order valence-electron chi connectivity index (χ0n) is 14.4. The van der Waals surface area contributed by atoms with E-state index in [-0.39, 0.29) is 5.54 Å². The standard InChI is InChI=1S/C17H19N9/c1-17(20)2-4-26(5-3-17)13-9-22-15-14(24-25-16(15)23-13)11-6-12(19)21-8-10(11)7-18/h6,8-9H,2-5,20H2,1H3,(H2,19,21)(H,23,24,25). The number of piperidine rings is 1. The number of hydrogen-bond acceptors (Lipinski definition) is 8. The summed E-state index contributed by atoms with van der Waals surface area (Å²) >= 11 is 0. The summed E-state index contributed by atoms with van der Waals surface area (Å²) in [7, 11) is 0. The Bertz CT molecular complexity index is 1000. The number of nitrogens with one attached hydrogen (secondary N) is 1. The lowest BCUT2D eigenvalue weighted by Crippen LogP contribution is -2.48. The van der Waals surface area contributed by atoms with Crippen molar-refractivity contribution in [3.05, 3.63) is 24.0 Å². The van der Waals surface area contributed by atoms with E-state index in [4.69, 9.17) is 11.5 Å². The highest BCUT2D eigenvalue weighted by Crippen LogP contribution is 2.29. The molecule has 132 valence electrons. The maximum Gasteiger partial charge on any atom is 0.177 e. The van der Waals surface area contributed by atoms with E-state index < -0.39 is 0 Å². The summed E-state index contributed by atoms with van der Waals surface area (Å²) in [5.74, 6) is 1.11. The highest BCUT2D eigenvalue weighted by atomic mass is 15.2. The van der Waals surface area contributed by atoms with Crippen LogP contribution in [0, 0.1) is 11.3 Å². The first-order valence-corrected chi connectivity index (χ1v) is 8.38. The number of H-pyrrole nitrogens is 1. The van der Waals surface area contributed by atoms with E-state index in [0.29, 0.717) is 33.8 Å². The van der Waals surface area contributed by atoms with E-state index in [2.05, 4.69) is 43.0 Å². The van der Waals surface area contributed by atoms with Crippen LogP contribution in [0.1, 0.15) is 25.3 Å². The first kappa shape index (κ1) is 16.2. The van der Waals surface area contributed by atoms with Crippen LogP contribution in [0.4, 0.5) is 11.6 Å². The van der Waals surface area contributed by atoms with Gasteiger partial charge in [-0.3, -0.25) is 5.10 Å². The summed E-state index contributed by atoms with van der Waals surface area (Å²) in [6, 6.07) is 3.73. The number of nitrogens with zero attached hydrogens (tertiary/aromatic N) is 6. The molecule has 1 aliphatic rings. The number of aromatic nitrogens is 5. The number of pyridine rings is 1. The highest BCUT2D eigenvalue weighted by Gasteiger charge is 2.27. The number of rotatable bonds is 2. The number of hydrogen-bond donors (Lipinski definition) is 3. The number of nitrogens with two attached hydrogens (primary N) is 2. The molecule has 0 aromatic carbocycles. The Kier molecular flexibility index (Phi) is 3.70. The molecule has 1 saturated heterocycles. The first-order chi connectivity index (χ1) is 12.5. The summed E-state index contributed by atoms with van der Waals surface area (Å²) < 4.78 is 0. The Hall–Kier alpha value is -3.25. The summed E-state index contributed by atoms with van der Waals surface area (Å²) in [5, 5.41) is 16.5. The molecular weight excluding hydrogens is 330 g/mol. The van der Waals surface area contributed by atoms with E-state index in [9.17, 15) is 5.26 Å². The zero-order valence-corrected chi connectivity index (χ0v) is 14.4. The minimum atomic E-state index is -0.121. The van der Waals surface area contributed by atoms with Gasteiger partial charge < -0.3 is 16.4 Å². The molecule has 0 radical (unpaired) electrons. The van der Waals surface area contributed by atoms with E-state index >= 15 is 0 Å². The third-order valence-corrected chi connectivity index (χ3v) is 4.79. The Morgan fingerprint density at radius 3 is 2.77 bits per heavy atom. The molecule has 0 unspecified atom stereocenters. The van der Waals surface area contributed by atoms with Gasteiger partial charge in [0.1, 0.15) is 28.9 Å². The Labute approximate surface area is 150 Å². The van der Waals surface area contributed by atoms with Crippen LogP contribution in [0.3, 0.4) is 0 Å². The van der Waals surface area contributed by atoms with Gasteiger partial charge in [0.15, 0.2) is 5.65 Å². The number of aromatic amines is 1. The fourth-order valence-electron chi connectivity index (χ4n) is 3.14. The second-order valence-electron chi connectivity index (χ2n) is 6.91. The van der Waals surface area contributed by atoms with Gasteiger partial charge in [0, 0.05) is 30.4 Å². The van der Waals surface area contributed by atoms with Crippen LogP contribution in [0.5, 0.6) is 0 Å². The van der Waals surface area contributed by atoms with Crippen molar-refractivity contribution in [2.45, 2.75) is 25.3 Å². The van der Waals surface area contributed by atoms with Crippen LogP contribution >= 0.6 is 0 Å². The van der Waals surface area contributed by atoms with Gasteiger partial charge in [0.05, 0.1) is 11.8 Å². The maximum atomic E-state index is 9.32. The molecule has 3 aromatic rings. The molecule has 1 aliphatic heterocycles. The van der Waals surface area contributed by atoms with E-state index in [1.165, 1.54) is 6.20 Å². The average molecular weight is 349 g/mol. The normalized spacial score (nSPS) is 16.6. The van der Waals surface area contributed by atoms with Crippen molar-refractivity contribution in [2.75, 3.05) is 23.7 Å². The third-order valence-electron chi connectivity index (χ3n) is 4.79. The summed E-state index contributed by atoms with van der Waals surface area (Å²) in [6.07, 6.45) is 4.98. The van der Waals surface area contributed by atoms with E-state index in [1.807, 2.05) is 0 Å². The van der Waals surface area contributed by atoms with Gasteiger partial charge in [-0.2, -0.15) is 10.4 Å². The van der Waals surface area contributed by atoms with Crippen molar-refractivity contribution in [1.29, 1.82) is 5.26 Å². The minimum Gasteiger partial charge on any atom is -0.384 e. The van der Waals surface area contributed by atoms with Gasteiger partial charge in [0.2, 0.25) is 0 Å². The molecule has 0 aliphatic carbocycles. The van der Waals surface area contributed by atoms with Crippen LogP contribution in [-0.4, -0.2) is 43.8 Å². The van der Waals surface area contributed by atoms with Gasteiger partial charge in [-0.05, 0) is 25.8 Å². The molecule has 1 fully saturated rings. The summed E-state index contributed by atoms with van der Waals surface area (Å²) in [6.45, 7) is 3.76. The number of nitrogen functional groups attached to an aromatic ring is 1. The van der Waals surface area contributed by atoms with Crippen molar-refractivity contribution >= 4 is 22.8 Å². The monoisotopic (exact) mass is 349 g/mol. The first-order valence-electron chi connectivity index (χ1n) is 8.38. The average Bonchev–Trinajstić information content (AvgIpc) is 3.04. The lowest BCUT2D eigenvalue weighted by Gasteiger charge is -2.37. The van der Waals surface area contributed by atoms with Crippen molar-refractivity contribution in [2.24, 2.45) is 5.73 Å². The predicted octanol–water partition coefficient (Wildman–Crippen LogP) is 1.19. The fraction of sp³-hybridized carbons (Fsp3) is 0.353. The number of nitriles is 1. The predicted molar refractivity (Wildman–Crippen MR) is 98.1 cm³/mol. The van der Waals surface area contributed by atoms with Crippen LogP contribution in [0.2, 0.25) is 0 Å². The molecule has 9 nitrogen and oxygen atoms in total. The maximum absolute atomic E-state index is 9.32. The van der Waals surface area contributed by atoms with Crippen molar-refractivity contribution in [1.82, 2.24) is 25.1 Å². The Balaban J connectivity index is 1.71. The fourth-order valence-corrected chi connectivity index (χ4v) is 3.14. The van der Waals surface area contributed by atoms with Crippen LogP contribution in [0.15, 0.2) is 18.5 Å². The molecule has 0 amide bonds. The molecule has 5 N–H and O–H groups in total. The largest absolute Gasteiger partial charge is 0.384 e. The van der Waals surface area contributed by atoms with Crippen LogP contribution < -0.4 is 16.4 Å². The molecule has 3 aromatic heterocycles. The topological polar surface area (TPSA) is 146 Å². The highest BCUT2D eigenvalue weighted by molar-refractivity contribution is 5.90. The summed E-state index contributed by atoms with van der Waals surface area (Å²) in [5.41, 5.74) is 14.5. The van der Waals surface area contributed by atoms with Crippen LogP contribution in [-0.2, 0) is 0 Å². The number of fused-ring (bicyclic) bond motifs is 1. The van der Waals surface area contributed by atoms with Gasteiger partial charge in [0.25, 0.3) is 0 Å². The third kappa shape index (κ3) is 2.80. The molecule has 26 heavy (non-hydrogen) atoms. The molecule has 0 bridgehead atoms. The lowest BCUT2D eigenvalue weighted by molar-refractivity contribution is 0.363. The summed E-state index contributed by atoms with van der Waals surface area (Å²) in [4.78, 5) is 15.3. The number of anilines is 2. The van der Waals surface area contributed by atoms with Gasteiger partial charge in [-0.15, -0.1) is 0 Å². The SMILES string of the molecule is CC1(N)CCN(c2cnc3c(-c4cc(N)ncc4C#N)n[nH]c3n2)CC1. The van der Waals surface area contributed by atoms with E-state index in [1.54, 1.807) is 12.3 Å². The Morgan fingerprint density at radius 2 is 2.04 bits per heavy atom. The molecule has 4 heterocycles. The minimum absolute atomic E-state index is 0.121. The van der Waals surface area contributed by atoms with Crippen LogP contribution in [0.25, 0.3) is 22.4 Å². The molecule has 0 spiro atoms. The second kappa shape index (κ2) is 5.93. The molecule has 4 rings (SSSR count). The van der Waals surface area contributed by atoms with Gasteiger partial charge >= 0.3 is 0 Å².